The summed E-state index contributed by atoms with van der Waals surface area (Å²) in [6, 6.07) is 7.53. The Hall–Kier alpha value is -2.34. The van der Waals surface area contributed by atoms with Crippen LogP contribution in [-0.4, -0.2) is 50.8 Å². The zero-order valence-corrected chi connectivity index (χ0v) is 14.0. The van der Waals surface area contributed by atoms with Crippen LogP contribution in [-0.2, 0) is 17.8 Å². The molecular formula is C19H21FN4O. The molecule has 0 N–H and O–H groups in total. The Labute approximate surface area is 146 Å². The van der Waals surface area contributed by atoms with Crippen LogP contribution in [0.3, 0.4) is 0 Å². The lowest BCUT2D eigenvalue weighted by molar-refractivity contribution is -0.136. The van der Waals surface area contributed by atoms with E-state index in [1.165, 1.54) is 17.8 Å². The van der Waals surface area contributed by atoms with Gasteiger partial charge in [-0.1, -0.05) is 6.07 Å². The molecule has 2 aliphatic heterocycles. The largest absolute Gasteiger partial charge is 0.334 e. The summed E-state index contributed by atoms with van der Waals surface area (Å²) >= 11 is 0. The van der Waals surface area contributed by atoms with Crippen LogP contribution in [0.2, 0.25) is 0 Å². The Morgan fingerprint density at radius 3 is 2.60 bits per heavy atom. The van der Waals surface area contributed by atoms with Crippen molar-refractivity contribution in [3.8, 4) is 0 Å². The Kier molecular flexibility index (Phi) is 4.44. The fraction of sp³-hybridized carbons (Fsp3) is 0.421. The Balaban J connectivity index is 1.40. The molecule has 6 heteroatoms. The topological polar surface area (TPSA) is 49.3 Å². The van der Waals surface area contributed by atoms with Gasteiger partial charge < -0.3 is 4.90 Å². The first-order valence-electron chi connectivity index (χ1n) is 8.72. The third-order valence-corrected chi connectivity index (χ3v) is 5.10. The molecule has 4 heterocycles. The molecule has 25 heavy (non-hydrogen) atoms. The van der Waals surface area contributed by atoms with Gasteiger partial charge in [0, 0.05) is 49.8 Å². The molecule has 0 spiro atoms. The van der Waals surface area contributed by atoms with Crippen molar-refractivity contribution in [1.29, 1.82) is 0 Å². The number of nitrogens with zero attached hydrogens (tertiary/aromatic N) is 4. The van der Waals surface area contributed by atoms with Crippen LogP contribution in [0.15, 0.2) is 42.9 Å². The van der Waals surface area contributed by atoms with Crippen LogP contribution in [0.5, 0.6) is 0 Å². The molecule has 0 aromatic carbocycles. The molecule has 2 unspecified atom stereocenters. The van der Waals surface area contributed by atoms with Crippen LogP contribution < -0.4 is 0 Å². The third kappa shape index (κ3) is 3.54. The van der Waals surface area contributed by atoms with Crippen LogP contribution >= 0.6 is 0 Å². The summed E-state index contributed by atoms with van der Waals surface area (Å²) in [7, 11) is 0. The van der Waals surface area contributed by atoms with Crippen molar-refractivity contribution < 1.29 is 9.18 Å². The maximum absolute atomic E-state index is 13.0. The molecule has 2 aromatic rings. The van der Waals surface area contributed by atoms with Crippen molar-refractivity contribution in [1.82, 2.24) is 19.8 Å². The monoisotopic (exact) mass is 340 g/mol. The standard InChI is InChI=1S/C19H21FN4O/c20-15-3-4-16(22-10-15)8-19(25)24-17-5-6-18(24)13-23(12-17)11-14-2-1-7-21-9-14/h1-4,7,9-10,17-18H,5-6,8,11-13H2. The highest BCUT2D eigenvalue weighted by atomic mass is 19.1. The van der Waals surface area contributed by atoms with Crippen molar-refractivity contribution >= 4 is 5.91 Å². The summed E-state index contributed by atoms with van der Waals surface area (Å²) < 4.78 is 13.0. The third-order valence-electron chi connectivity index (χ3n) is 5.10. The summed E-state index contributed by atoms with van der Waals surface area (Å²) in [5, 5.41) is 0. The molecule has 1 amide bonds. The molecular weight excluding hydrogens is 319 g/mol. The van der Waals surface area contributed by atoms with Gasteiger partial charge in [-0.2, -0.15) is 0 Å². The quantitative estimate of drug-likeness (QED) is 0.855. The van der Waals surface area contributed by atoms with E-state index in [0.717, 1.165) is 32.5 Å². The number of carbonyl (C=O) groups excluding carboxylic acids is 1. The Bertz CT molecular complexity index is 723. The summed E-state index contributed by atoms with van der Waals surface area (Å²) in [5.41, 5.74) is 1.83. The van der Waals surface area contributed by atoms with Crippen LogP contribution in [0.25, 0.3) is 0 Å². The first-order valence-corrected chi connectivity index (χ1v) is 8.72. The molecule has 2 atom stereocenters. The number of amides is 1. The second-order valence-electron chi connectivity index (χ2n) is 6.89. The first-order chi connectivity index (χ1) is 12.2. The highest BCUT2D eigenvalue weighted by Crippen LogP contribution is 2.31. The summed E-state index contributed by atoms with van der Waals surface area (Å²) in [4.78, 5) is 25.4. The van der Waals surface area contributed by atoms with E-state index in [9.17, 15) is 9.18 Å². The predicted molar refractivity (Wildman–Crippen MR) is 91.1 cm³/mol. The number of hydrogen-bond donors (Lipinski definition) is 0. The molecule has 0 radical (unpaired) electrons. The first kappa shape index (κ1) is 16.1. The number of hydrogen-bond acceptors (Lipinski definition) is 4. The average molecular weight is 340 g/mol. The van der Waals surface area contributed by atoms with Gasteiger partial charge in [-0.15, -0.1) is 0 Å². The molecule has 2 fully saturated rings. The van der Waals surface area contributed by atoms with E-state index in [1.54, 1.807) is 12.3 Å². The van der Waals surface area contributed by atoms with Crippen molar-refractivity contribution in [3.05, 3.63) is 59.9 Å². The number of halogens is 1. The number of piperazine rings is 1. The minimum absolute atomic E-state index is 0.104. The number of fused-ring (bicyclic) bond motifs is 2. The van der Waals surface area contributed by atoms with E-state index in [1.807, 2.05) is 17.2 Å². The minimum atomic E-state index is -0.375. The zero-order valence-electron chi connectivity index (χ0n) is 14.0. The summed E-state index contributed by atoms with van der Waals surface area (Å²) in [6.45, 7) is 2.67. The van der Waals surface area contributed by atoms with Crippen molar-refractivity contribution in [2.75, 3.05) is 13.1 Å². The van der Waals surface area contributed by atoms with Gasteiger partial charge >= 0.3 is 0 Å². The van der Waals surface area contributed by atoms with E-state index in [2.05, 4.69) is 20.9 Å². The molecule has 4 rings (SSSR count). The van der Waals surface area contributed by atoms with Gasteiger partial charge in [-0.05, 0) is 36.6 Å². The van der Waals surface area contributed by atoms with Crippen LogP contribution in [0.1, 0.15) is 24.1 Å². The second-order valence-corrected chi connectivity index (χ2v) is 6.89. The Morgan fingerprint density at radius 2 is 1.96 bits per heavy atom. The molecule has 5 nitrogen and oxygen atoms in total. The number of carbonyl (C=O) groups is 1. The van der Waals surface area contributed by atoms with Gasteiger partial charge in [0.1, 0.15) is 5.82 Å². The molecule has 2 bridgehead atoms. The van der Waals surface area contributed by atoms with Crippen molar-refractivity contribution in [2.24, 2.45) is 0 Å². The Morgan fingerprint density at radius 1 is 1.16 bits per heavy atom. The maximum atomic E-state index is 13.0. The lowest BCUT2D eigenvalue weighted by Gasteiger charge is -2.41. The fourth-order valence-corrected chi connectivity index (χ4v) is 4.03. The average Bonchev–Trinajstić information content (AvgIpc) is 2.89. The number of rotatable bonds is 4. The molecule has 0 aliphatic carbocycles. The van der Waals surface area contributed by atoms with Crippen molar-refractivity contribution in [2.45, 2.75) is 37.9 Å². The smallest absolute Gasteiger partial charge is 0.229 e. The van der Waals surface area contributed by atoms with Gasteiger partial charge in [0.25, 0.3) is 0 Å². The normalized spacial score (nSPS) is 23.0. The van der Waals surface area contributed by atoms with E-state index < -0.39 is 0 Å². The van der Waals surface area contributed by atoms with E-state index in [0.29, 0.717) is 5.69 Å². The van der Waals surface area contributed by atoms with Crippen LogP contribution in [0.4, 0.5) is 4.39 Å². The van der Waals surface area contributed by atoms with E-state index in [4.69, 9.17) is 0 Å². The molecule has 2 aromatic heterocycles. The lowest BCUT2D eigenvalue weighted by atomic mass is 10.1. The second kappa shape index (κ2) is 6.88. The number of pyridine rings is 2. The molecule has 0 saturated carbocycles. The predicted octanol–water partition coefficient (Wildman–Crippen LogP) is 2.03. The SMILES string of the molecule is O=C(Cc1ccc(F)cn1)N1C2CCC1CN(Cc1cccnc1)C2. The van der Waals surface area contributed by atoms with Gasteiger partial charge in [-0.25, -0.2) is 4.39 Å². The zero-order chi connectivity index (χ0) is 17.2. The highest BCUT2D eigenvalue weighted by Gasteiger charge is 2.42. The molecule has 2 aliphatic rings. The summed E-state index contributed by atoms with van der Waals surface area (Å²) in [5.74, 6) is -0.270. The van der Waals surface area contributed by atoms with Gasteiger partial charge in [0.15, 0.2) is 0 Å². The molecule has 2 saturated heterocycles. The maximum Gasteiger partial charge on any atom is 0.229 e. The lowest BCUT2D eigenvalue weighted by Crippen LogP contribution is -2.55. The van der Waals surface area contributed by atoms with E-state index in [-0.39, 0.29) is 30.2 Å². The summed E-state index contributed by atoms with van der Waals surface area (Å²) in [6.07, 6.45) is 7.21. The van der Waals surface area contributed by atoms with Crippen molar-refractivity contribution in [3.63, 3.8) is 0 Å². The van der Waals surface area contributed by atoms with Crippen LogP contribution in [0, 0.1) is 5.82 Å². The highest BCUT2D eigenvalue weighted by molar-refractivity contribution is 5.79. The van der Waals surface area contributed by atoms with Gasteiger partial charge in [0.2, 0.25) is 5.91 Å². The number of likely N-dealkylation sites (tertiary alicyclic amines) is 1. The molecule has 130 valence electrons. The van der Waals surface area contributed by atoms with Gasteiger partial charge in [0.05, 0.1) is 12.6 Å². The van der Waals surface area contributed by atoms with E-state index >= 15 is 0 Å². The number of aromatic nitrogens is 2. The minimum Gasteiger partial charge on any atom is -0.334 e. The fourth-order valence-electron chi connectivity index (χ4n) is 4.03. The van der Waals surface area contributed by atoms with Gasteiger partial charge in [-0.3, -0.25) is 19.7 Å².